The van der Waals surface area contributed by atoms with Crippen molar-refractivity contribution in [3.8, 4) is 0 Å². The number of piperidine rings is 1. The van der Waals surface area contributed by atoms with Gasteiger partial charge in [0.15, 0.2) is 0 Å². The van der Waals surface area contributed by atoms with E-state index in [1.807, 2.05) is 23.5 Å². The first-order valence-electron chi connectivity index (χ1n) is 6.76. The molecule has 0 spiro atoms. The SMILES string of the molecule is Cc1ccc(C2CCNCC2c2ccc(Cl)cc2)s1. The number of halogens is 1. The van der Waals surface area contributed by atoms with Gasteiger partial charge in [-0.3, -0.25) is 0 Å². The average molecular weight is 292 g/mol. The van der Waals surface area contributed by atoms with Crippen molar-refractivity contribution in [3.63, 3.8) is 0 Å². The molecule has 0 aliphatic carbocycles. The Morgan fingerprint density at radius 3 is 2.58 bits per heavy atom. The average Bonchev–Trinajstić information content (AvgIpc) is 2.86. The third kappa shape index (κ3) is 2.86. The Hall–Kier alpha value is -0.830. The quantitative estimate of drug-likeness (QED) is 0.854. The van der Waals surface area contributed by atoms with Crippen molar-refractivity contribution in [1.82, 2.24) is 5.32 Å². The molecule has 3 rings (SSSR count). The lowest BCUT2D eigenvalue weighted by atomic mass is 9.80. The van der Waals surface area contributed by atoms with Crippen molar-refractivity contribution < 1.29 is 0 Å². The highest BCUT2D eigenvalue weighted by atomic mass is 35.5. The molecule has 2 aromatic rings. The summed E-state index contributed by atoms with van der Waals surface area (Å²) in [5.41, 5.74) is 1.40. The Morgan fingerprint density at radius 2 is 1.89 bits per heavy atom. The minimum Gasteiger partial charge on any atom is -0.316 e. The van der Waals surface area contributed by atoms with Gasteiger partial charge >= 0.3 is 0 Å². The molecule has 1 N–H and O–H groups in total. The highest BCUT2D eigenvalue weighted by Crippen LogP contribution is 2.40. The molecule has 0 bridgehead atoms. The largest absolute Gasteiger partial charge is 0.316 e. The second-order valence-corrected chi connectivity index (χ2v) is 6.96. The van der Waals surface area contributed by atoms with Crippen LogP contribution < -0.4 is 5.32 Å². The lowest BCUT2D eigenvalue weighted by Gasteiger charge is -2.32. The van der Waals surface area contributed by atoms with Crippen molar-refractivity contribution in [2.45, 2.75) is 25.2 Å². The van der Waals surface area contributed by atoms with E-state index in [4.69, 9.17) is 11.6 Å². The number of hydrogen-bond donors (Lipinski definition) is 1. The zero-order valence-electron chi connectivity index (χ0n) is 11.0. The Kier molecular flexibility index (Phi) is 3.92. The highest BCUT2D eigenvalue weighted by Gasteiger charge is 2.28. The lowest BCUT2D eigenvalue weighted by molar-refractivity contribution is 0.408. The van der Waals surface area contributed by atoms with Crippen molar-refractivity contribution in [1.29, 1.82) is 0 Å². The number of thiophene rings is 1. The highest BCUT2D eigenvalue weighted by molar-refractivity contribution is 7.12. The Balaban J connectivity index is 1.90. The molecule has 100 valence electrons. The Bertz CT molecular complexity index is 546. The topological polar surface area (TPSA) is 12.0 Å². The number of nitrogens with one attached hydrogen (secondary N) is 1. The second kappa shape index (κ2) is 5.66. The molecule has 1 aromatic heterocycles. The van der Waals surface area contributed by atoms with Gasteiger partial charge in [-0.05, 0) is 49.7 Å². The molecular formula is C16H18ClNS. The molecule has 19 heavy (non-hydrogen) atoms. The van der Waals surface area contributed by atoms with E-state index in [1.54, 1.807) is 0 Å². The van der Waals surface area contributed by atoms with E-state index >= 15 is 0 Å². The van der Waals surface area contributed by atoms with E-state index in [1.165, 1.54) is 21.7 Å². The van der Waals surface area contributed by atoms with Crippen LogP contribution in [0.4, 0.5) is 0 Å². The number of rotatable bonds is 2. The molecule has 2 unspecified atom stereocenters. The van der Waals surface area contributed by atoms with Gasteiger partial charge in [-0.1, -0.05) is 23.7 Å². The van der Waals surface area contributed by atoms with Gasteiger partial charge in [0, 0.05) is 33.2 Å². The van der Waals surface area contributed by atoms with Crippen LogP contribution in [0.2, 0.25) is 5.02 Å². The Labute approximate surface area is 123 Å². The van der Waals surface area contributed by atoms with Crippen LogP contribution in [0.5, 0.6) is 0 Å². The number of hydrogen-bond acceptors (Lipinski definition) is 2. The molecule has 1 aromatic carbocycles. The molecular weight excluding hydrogens is 274 g/mol. The summed E-state index contributed by atoms with van der Waals surface area (Å²) >= 11 is 7.94. The summed E-state index contributed by atoms with van der Waals surface area (Å²) in [6.07, 6.45) is 1.22. The predicted octanol–water partition coefficient (Wildman–Crippen LogP) is 4.57. The number of benzene rings is 1. The molecule has 2 heterocycles. The van der Waals surface area contributed by atoms with Crippen LogP contribution in [0.3, 0.4) is 0 Å². The summed E-state index contributed by atoms with van der Waals surface area (Å²) < 4.78 is 0. The van der Waals surface area contributed by atoms with E-state index in [-0.39, 0.29) is 0 Å². The summed E-state index contributed by atoms with van der Waals surface area (Å²) in [5.74, 6) is 1.20. The smallest absolute Gasteiger partial charge is 0.0406 e. The van der Waals surface area contributed by atoms with Gasteiger partial charge in [0.05, 0.1) is 0 Å². The van der Waals surface area contributed by atoms with Crippen molar-refractivity contribution >= 4 is 22.9 Å². The summed E-state index contributed by atoms with van der Waals surface area (Å²) in [6, 6.07) is 12.9. The molecule has 1 nitrogen and oxygen atoms in total. The van der Waals surface area contributed by atoms with Gasteiger partial charge < -0.3 is 5.32 Å². The van der Waals surface area contributed by atoms with E-state index in [9.17, 15) is 0 Å². The van der Waals surface area contributed by atoms with E-state index in [2.05, 4.69) is 36.5 Å². The van der Waals surface area contributed by atoms with Gasteiger partial charge in [0.2, 0.25) is 0 Å². The molecule has 1 fully saturated rings. The maximum absolute atomic E-state index is 5.99. The van der Waals surface area contributed by atoms with E-state index < -0.39 is 0 Å². The van der Waals surface area contributed by atoms with Crippen LogP contribution in [-0.4, -0.2) is 13.1 Å². The first-order chi connectivity index (χ1) is 9.24. The molecule has 1 aliphatic heterocycles. The summed E-state index contributed by atoms with van der Waals surface area (Å²) in [7, 11) is 0. The van der Waals surface area contributed by atoms with Crippen LogP contribution in [0.25, 0.3) is 0 Å². The molecule has 0 amide bonds. The minimum absolute atomic E-state index is 0.559. The third-order valence-electron chi connectivity index (χ3n) is 3.91. The van der Waals surface area contributed by atoms with E-state index in [0.29, 0.717) is 11.8 Å². The van der Waals surface area contributed by atoms with Gasteiger partial charge in [0.25, 0.3) is 0 Å². The normalized spacial score (nSPS) is 23.5. The summed E-state index contributed by atoms with van der Waals surface area (Å²) in [4.78, 5) is 2.93. The molecule has 2 atom stereocenters. The van der Waals surface area contributed by atoms with E-state index in [0.717, 1.165) is 18.1 Å². The number of aryl methyl sites for hydroxylation is 1. The maximum Gasteiger partial charge on any atom is 0.0406 e. The van der Waals surface area contributed by atoms with Gasteiger partial charge in [-0.15, -0.1) is 11.3 Å². The van der Waals surface area contributed by atoms with Crippen LogP contribution in [0.1, 0.15) is 33.6 Å². The van der Waals surface area contributed by atoms with Crippen LogP contribution in [-0.2, 0) is 0 Å². The molecule has 3 heteroatoms. The van der Waals surface area contributed by atoms with Crippen molar-refractivity contribution in [2.24, 2.45) is 0 Å². The fourth-order valence-electron chi connectivity index (χ4n) is 2.91. The van der Waals surface area contributed by atoms with Crippen LogP contribution >= 0.6 is 22.9 Å². The van der Waals surface area contributed by atoms with Crippen LogP contribution in [0.15, 0.2) is 36.4 Å². The standard InChI is InChI=1S/C16H18ClNS/c1-11-2-7-16(19-11)14-8-9-18-10-15(14)12-3-5-13(17)6-4-12/h2-7,14-15,18H,8-10H2,1H3. The molecule has 0 saturated carbocycles. The first kappa shape index (κ1) is 13.2. The van der Waals surface area contributed by atoms with Crippen molar-refractivity contribution in [3.05, 3.63) is 56.7 Å². The first-order valence-corrected chi connectivity index (χ1v) is 7.96. The van der Waals surface area contributed by atoms with Crippen molar-refractivity contribution in [2.75, 3.05) is 13.1 Å². The lowest BCUT2D eigenvalue weighted by Crippen LogP contribution is -2.33. The molecule has 0 radical (unpaired) electrons. The van der Waals surface area contributed by atoms with Gasteiger partial charge in [-0.25, -0.2) is 0 Å². The zero-order chi connectivity index (χ0) is 13.2. The Morgan fingerprint density at radius 1 is 1.11 bits per heavy atom. The predicted molar refractivity (Wildman–Crippen MR) is 83.5 cm³/mol. The summed E-state index contributed by atoms with van der Waals surface area (Å²) in [5, 5.41) is 4.34. The maximum atomic E-state index is 5.99. The minimum atomic E-state index is 0.559. The van der Waals surface area contributed by atoms with Gasteiger partial charge in [-0.2, -0.15) is 0 Å². The van der Waals surface area contributed by atoms with Crippen LogP contribution in [0, 0.1) is 6.92 Å². The summed E-state index contributed by atoms with van der Waals surface area (Å²) in [6.45, 7) is 4.36. The molecule has 1 saturated heterocycles. The van der Waals surface area contributed by atoms with Gasteiger partial charge in [0.1, 0.15) is 0 Å². The zero-order valence-corrected chi connectivity index (χ0v) is 12.6. The monoisotopic (exact) mass is 291 g/mol. The fourth-order valence-corrected chi connectivity index (χ4v) is 4.12. The molecule has 1 aliphatic rings. The second-order valence-electron chi connectivity index (χ2n) is 5.21. The fraction of sp³-hybridized carbons (Fsp3) is 0.375. The third-order valence-corrected chi connectivity index (χ3v) is 5.29.